The van der Waals surface area contributed by atoms with Gasteiger partial charge in [0.25, 0.3) is 0 Å². The average molecular weight is 443 g/mol. The third kappa shape index (κ3) is 6.17. The number of ether oxygens (including phenoxy) is 1. The molecule has 3 rings (SSSR count). The van der Waals surface area contributed by atoms with Gasteiger partial charge in [0.15, 0.2) is 5.78 Å². The quantitative estimate of drug-likeness (QED) is 0.457. The smallest absolute Gasteiger partial charge is 0.310 e. The van der Waals surface area contributed by atoms with Gasteiger partial charge in [0.05, 0.1) is 19.1 Å². The van der Waals surface area contributed by atoms with Crippen LogP contribution in [-0.4, -0.2) is 66.7 Å². The Balaban J connectivity index is 1.46. The lowest BCUT2D eigenvalue weighted by atomic mass is 9.89. The average Bonchev–Trinajstić information content (AvgIpc) is 2.82. The van der Waals surface area contributed by atoms with E-state index in [2.05, 4.69) is 0 Å². The minimum atomic E-state index is -0.303. The molecule has 0 saturated carbocycles. The molecule has 1 aromatic carbocycles. The molecule has 1 saturated heterocycles. The van der Waals surface area contributed by atoms with Crippen LogP contribution >= 0.6 is 0 Å². The SMILES string of the molecule is CCOC(=O)C1CCCN(C(=O)CN(C)C(=O)CCC(=O)c2ccc3c(c2)CCCC3)C1. The van der Waals surface area contributed by atoms with Gasteiger partial charge < -0.3 is 14.5 Å². The van der Waals surface area contributed by atoms with E-state index in [0.717, 1.165) is 25.7 Å². The first-order chi connectivity index (χ1) is 15.4. The molecule has 0 radical (unpaired) electrons. The van der Waals surface area contributed by atoms with Crippen molar-refractivity contribution in [1.82, 2.24) is 9.80 Å². The van der Waals surface area contributed by atoms with Gasteiger partial charge in [-0.2, -0.15) is 0 Å². The predicted octanol–water partition coefficient (Wildman–Crippen LogP) is 2.79. The molecule has 0 spiro atoms. The third-order valence-electron chi connectivity index (χ3n) is 6.43. The van der Waals surface area contributed by atoms with E-state index in [9.17, 15) is 19.2 Å². The number of fused-ring (bicyclic) bond motifs is 1. The minimum absolute atomic E-state index is 0.0419. The van der Waals surface area contributed by atoms with Crippen molar-refractivity contribution in [3.05, 3.63) is 34.9 Å². The van der Waals surface area contributed by atoms with Gasteiger partial charge in [-0.05, 0) is 62.6 Å². The number of likely N-dealkylation sites (tertiary alicyclic amines) is 1. The van der Waals surface area contributed by atoms with Crippen molar-refractivity contribution in [2.24, 2.45) is 5.92 Å². The van der Waals surface area contributed by atoms with Gasteiger partial charge in [0.2, 0.25) is 11.8 Å². The number of likely N-dealkylation sites (N-methyl/N-ethyl adjacent to an activating group) is 1. The van der Waals surface area contributed by atoms with Crippen LogP contribution in [0.4, 0.5) is 0 Å². The first kappa shape index (κ1) is 24.0. The largest absolute Gasteiger partial charge is 0.466 e. The molecule has 2 amide bonds. The number of carbonyl (C=O) groups is 4. The highest BCUT2D eigenvalue weighted by molar-refractivity contribution is 5.98. The van der Waals surface area contributed by atoms with Gasteiger partial charge in [-0.15, -0.1) is 0 Å². The normalized spacial score (nSPS) is 17.9. The molecule has 0 N–H and O–H groups in total. The highest BCUT2D eigenvalue weighted by Gasteiger charge is 2.30. The van der Waals surface area contributed by atoms with Crippen molar-refractivity contribution in [3.8, 4) is 0 Å². The maximum Gasteiger partial charge on any atom is 0.310 e. The zero-order valence-electron chi connectivity index (χ0n) is 19.2. The van der Waals surface area contributed by atoms with E-state index in [0.29, 0.717) is 31.7 Å². The Labute approximate surface area is 190 Å². The monoisotopic (exact) mass is 442 g/mol. The molecule has 1 aromatic rings. The summed E-state index contributed by atoms with van der Waals surface area (Å²) >= 11 is 0. The molecule has 1 atom stereocenters. The highest BCUT2D eigenvalue weighted by Crippen LogP contribution is 2.23. The molecule has 2 aliphatic rings. The second kappa shape index (κ2) is 11.2. The molecule has 1 aliphatic carbocycles. The summed E-state index contributed by atoms with van der Waals surface area (Å²) in [4.78, 5) is 52.7. The molecule has 1 aliphatic heterocycles. The molecular formula is C25H34N2O5. The summed E-state index contributed by atoms with van der Waals surface area (Å²) in [6, 6.07) is 5.88. The number of benzene rings is 1. The minimum Gasteiger partial charge on any atom is -0.466 e. The van der Waals surface area contributed by atoms with Crippen LogP contribution in [0.2, 0.25) is 0 Å². The number of aryl methyl sites for hydroxylation is 2. The lowest BCUT2D eigenvalue weighted by Crippen LogP contribution is -2.47. The number of hydrogen-bond donors (Lipinski definition) is 0. The van der Waals surface area contributed by atoms with Crippen LogP contribution in [0.25, 0.3) is 0 Å². The molecule has 174 valence electrons. The molecular weight excluding hydrogens is 408 g/mol. The zero-order chi connectivity index (χ0) is 23.1. The van der Waals surface area contributed by atoms with Crippen molar-refractivity contribution in [2.45, 2.75) is 58.3 Å². The predicted molar refractivity (Wildman–Crippen MR) is 120 cm³/mol. The molecule has 0 aromatic heterocycles. The van der Waals surface area contributed by atoms with Crippen LogP contribution < -0.4 is 0 Å². The lowest BCUT2D eigenvalue weighted by molar-refractivity contribution is -0.152. The Morgan fingerprint density at radius 1 is 1.06 bits per heavy atom. The van der Waals surface area contributed by atoms with Crippen LogP contribution in [0, 0.1) is 5.92 Å². The first-order valence-corrected chi connectivity index (χ1v) is 11.7. The summed E-state index contributed by atoms with van der Waals surface area (Å²) < 4.78 is 5.08. The molecule has 7 heteroatoms. The summed E-state index contributed by atoms with van der Waals surface area (Å²) in [6.45, 7) is 2.94. The van der Waals surface area contributed by atoms with E-state index in [1.165, 1.54) is 22.4 Å². The Bertz CT molecular complexity index is 866. The van der Waals surface area contributed by atoms with E-state index in [4.69, 9.17) is 4.74 Å². The van der Waals surface area contributed by atoms with Gasteiger partial charge in [0, 0.05) is 38.5 Å². The maximum absolute atomic E-state index is 12.6. The van der Waals surface area contributed by atoms with Crippen LogP contribution in [0.5, 0.6) is 0 Å². The molecule has 1 heterocycles. The van der Waals surface area contributed by atoms with E-state index in [1.54, 1.807) is 18.9 Å². The first-order valence-electron chi connectivity index (χ1n) is 11.7. The van der Waals surface area contributed by atoms with Gasteiger partial charge >= 0.3 is 5.97 Å². The van der Waals surface area contributed by atoms with Crippen LogP contribution in [-0.2, 0) is 32.0 Å². The number of Topliss-reactive ketones (excluding diaryl/α,β-unsaturated/α-hetero) is 1. The summed E-state index contributed by atoms with van der Waals surface area (Å²) in [6.07, 6.45) is 6.08. The maximum atomic E-state index is 12.6. The van der Waals surface area contributed by atoms with Gasteiger partial charge in [-0.25, -0.2) is 0 Å². The summed E-state index contributed by atoms with van der Waals surface area (Å²) in [5, 5.41) is 0. The van der Waals surface area contributed by atoms with E-state index >= 15 is 0 Å². The van der Waals surface area contributed by atoms with Crippen molar-refractivity contribution in [2.75, 3.05) is 33.3 Å². The second-order valence-electron chi connectivity index (χ2n) is 8.79. The lowest BCUT2D eigenvalue weighted by Gasteiger charge is -2.32. The summed E-state index contributed by atoms with van der Waals surface area (Å²) in [5.41, 5.74) is 3.24. The van der Waals surface area contributed by atoms with Crippen molar-refractivity contribution in [3.63, 3.8) is 0 Å². The summed E-state index contributed by atoms with van der Waals surface area (Å²) in [7, 11) is 1.58. The molecule has 1 fully saturated rings. The second-order valence-corrected chi connectivity index (χ2v) is 8.79. The zero-order valence-corrected chi connectivity index (χ0v) is 19.2. The number of piperidine rings is 1. The van der Waals surface area contributed by atoms with E-state index in [-0.39, 0.29) is 48.9 Å². The van der Waals surface area contributed by atoms with Crippen molar-refractivity contribution in [1.29, 1.82) is 0 Å². The third-order valence-corrected chi connectivity index (χ3v) is 6.43. The highest BCUT2D eigenvalue weighted by atomic mass is 16.5. The number of ketones is 1. The number of hydrogen-bond acceptors (Lipinski definition) is 5. The van der Waals surface area contributed by atoms with Gasteiger partial charge in [0.1, 0.15) is 0 Å². The van der Waals surface area contributed by atoms with Gasteiger partial charge in [-0.1, -0.05) is 12.1 Å². The molecule has 32 heavy (non-hydrogen) atoms. The standard InChI is InChI=1S/C25H34N2O5/c1-3-32-25(31)21-9-6-14-27(16-21)24(30)17-26(2)23(29)13-12-22(28)20-11-10-18-7-4-5-8-19(18)15-20/h10-11,15,21H,3-9,12-14,16-17H2,1-2H3. The van der Waals surface area contributed by atoms with E-state index in [1.807, 2.05) is 18.2 Å². The Morgan fingerprint density at radius 2 is 1.81 bits per heavy atom. The fourth-order valence-corrected chi connectivity index (χ4v) is 4.51. The van der Waals surface area contributed by atoms with Gasteiger partial charge in [-0.3, -0.25) is 19.2 Å². The van der Waals surface area contributed by atoms with E-state index < -0.39 is 0 Å². The molecule has 7 nitrogen and oxygen atoms in total. The molecule has 0 bridgehead atoms. The topological polar surface area (TPSA) is 84.0 Å². The fraction of sp³-hybridized carbons (Fsp3) is 0.600. The Kier molecular flexibility index (Phi) is 8.42. The summed E-state index contributed by atoms with van der Waals surface area (Å²) in [5.74, 6) is -1.03. The van der Waals surface area contributed by atoms with Crippen molar-refractivity contribution >= 4 is 23.6 Å². The Hall–Kier alpha value is -2.70. The molecule has 1 unspecified atom stereocenters. The van der Waals surface area contributed by atoms with Crippen LogP contribution in [0.1, 0.15) is 66.9 Å². The number of carbonyl (C=O) groups excluding carboxylic acids is 4. The van der Waals surface area contributed by atoms with Crippen LogP contribution in [0.15, 0.2) is 18.2 Å². The number of nitrogens with zero attached hydrogens (tertiary/aromatic N) is 2. The number of esters is 1. The van der Waals surface area contributed by atoms with Crippen LogP contribution in [0.3, 0.4) is 0 Å². The number of amides is 2. The van der Waals surface area contributed by atoms with Crippen molar-refractivity contribution < 1.29 is 23.9 Å². The fourth-order valence-electron chi connectivity index (χ4n) is 4.51. The number of rotatable bonds is 8. The Morgan fingerprint density at radius 3 is 2.56 bits per heavy atom.